The zero-order valence-electron chi connectivity index (χ0n) is 8.85. The summed E-state index contributed by atoms with van der Waals surface area (Å²) in [5.41, 5.74) is -0.212. The molecule has 0 spiro atoms. The molecule has 1 aliphatic heterocycles. The lowest BCUT2D eigenvalue weighted by Gasteiger charge is -2.12. The monoisotopic (exact) mass is 316 g/mol. The second-order valence-electron chi connectivity index (χ2n) is 3.43. The third-order valence-corrected chi connectivity index (χ3v) is 2.75. The van der Waals surface area contributed by atoms with Crippen molar-refractivity contribution in [3.63, 3.8) is 0 Å². The summed E-state index contributed by atoms with van der Waals surface area (Å²) in [5, 5.41) is 0.404. The van der Waals surface area contributed by atoms with E-state index in [0.717, 1.165) is 12.1 Å². The lowest BCUT2D eigenvalue weighted by Crippen LogP contribution is -2.32. The van der Waals surface area contributed by atoms with Crippen LogP contribution in [0.1, 0.15) is 23.3 Å². The van der Waals surface area contributed by atoms with Crippen molar-refractivity contribution in [2.45, 2.75) is 12.8 Å². The molecule has 8 heteroatoms. The molecule has 0 aliphatic carbocycles. The lowest BCUT2D eigenvalue weighted by molar-refractivity contribution is -0.172. The predicted octanol–water partition coefficient (Wildman–Crippen LogP) is 1.20. The Bertz CT molecular complexity index is 533. The Balaban J connectivity index is 2.14. The second-order valence-corrected chi connectivity index (χ2v) is 4.18. The van der Waals surface area contributed by atoms with Crippen molar-refractivity contribution in [1.29, 1.82) is 0 Å². The Labute approximate surface area is 109 Å². The fraction of sp³-hybridized carbons (Fsp3) is 0.200. The van der Waals surface area contributed by atoms with Crippen LogP contribution in [-0.2, 0) is 14.4 Å². The molecular weight excluding hydrogens is 311 g/mol. The van der Waals surface area contributed by atoms with Crippen molar-refractivity contribution in [2.24, 2.45) is 0 Å². The Kier molecular flexibility index (Phi) is 3.37. The van der Waals surface area contributed by atoms with Crippen LogP contribution in [0.25, 0.3) is 0 Å². The molecule has 1 aromatic heterocycles. The first-order chi connectivity index (χ1) is 8.49. The van der Waals surface area contributed by atoms with Gasteiger partial charge in [0.2, 0.25) is 0 Å². The number of halogens is 2. The molecule has 0 aromatic carbocycles. The van der Waals surface area contributed by atoms with Crippen molar-refractivity contribution in [2.75, 3.05) is 0 Å². The molecule has 1 aliphatic rings. The quantitative estimate of drug-likeness (QED) is 0.605. The minimum absolute atomic E-state index is 0.00660. The van der Waals surface area contributed by atoms with Crippen molar-refractivity contribution < 1.29 is 23.6 Å². The van der Waals surface area contributed by atoms with E-state index in [9.17, 15) is 18.8 Å². The summed E-state index contributed by atoms with van der Waals surface area (Å²) >= 11 is 2.81. The maximum Gasteiger partial charge on any atom is 0.382 e. The van der Waals surface area contributed by atoms with Gasteiger partial charge in [0.1, 0.15) is 4.60 Å². The van der Waals surface area contributed by atoms with Gasteiger partial charge in [-0.2, -0.15) is 0 Å². The van der Waals surface area contributed by atoms with Crippen molar-refractivity contribution in [3.8, 4) is 0 Å². The van der Waals surface area contributed by atoms with E-state index < -0.39 is 23.6 Å². The minimum atomic E-state index is -1.00. The molecule has 0 N–H and O–H groups in total. The molecule has 2 amide bonds. The van der Waals surface area contributed by atoms with Gasteiger partial charge < -0.3 is 4.84 Å². The summed E-state index contributed by atoms with van der Waals surface area (Å²) in [6.07, 6.45) is 0.0132. The molecule has 18 heavy (non-hydrogen) atoms. The van der Waals surface area contributed by atoms with Crippen LogP contribution in [0.15, 0.2) is 16.7 Å². The van der Waals surface area contributed by atoms with E-state index in [0.29, 0.717) is 5.06 Å². The lowest BCUT2D eigenvalue weighted by atomic mass is 10.3. The first-order valence-corrected chi connectivity index (χ1v) is 5.68. The summed E-state index contributed by atoms with van der Waals surface area (Å²) in [6, 6.07) is 2.11. The third kappa shape index (κ3) is 2.37. The number of rotatable bonds is 2. The van der Waals surface area contributed by atoms with E-state index in [1.165, 1.54) is 0 Å². The van der Waals surface area contributed by atoms with Crippen LogP contribution in [0.4, 0.5) is 4.39 Å². The van der Waals surface area contributed by atoms with Gasteiger partial charge in [0, 0.05) is 12.8 Å². The number of hydrogen-bond donors (Lipinski definition) is 0. The fourth-order valence-electron chi connectivity index (χ4n) is 1.32. The van der Waals surface area contributed by atoms with E-state index in [2.05, 4.69) is 25.8 Å². The van der Waals surface area contributed by atoms with Gasteiger partial charge in [0.15, 0.2) is 11.5 Å². The van der Waals surface area contributed by atoms with Crippen LogP contribution < -0.4 is 0 Å². The molecule has 1 saturated heterocycles. The van der Waals surface area contributed by atoms with Crippen LogP contribution in [0.3, 0.4) is 0 Å². The number of imide groups is 1. The van der Waals surface area contributed by atoms with E-state index in [1.807, 2.05) is 0 Å². The van der Waals surface area contributed by atoms with Gasteiger partial charge in [0.05, 0.1) is 0 Å². The summed E-state index contributed by atoms with van der Waals surface area (Å²) in [7, 11) is 0. The normalized spacial score (nSPS) is 15.1. The summed E-state index contributed by atoms with van der Waals surface area (Å²) < 4.78 is 12.8. The maximum atomic E-state index is 12.9. The molecule has 0 bridgehead atoms. The van der Waals surface area contributed by atoms with Gasteiger partial charge in [-0.15, -0.1) is 5.06 Å². The molecule has 0 saturated carbocycles. The highest BCUT2D eigenvalue weighted by molar-refractivity contribution is 9.10. The molecule has 2 heterocycles. The van der Waals surface area contributed by atoms with Crippen molar-refractivity contribution >= 4 is 33.7 Å². The smallest absolute Gasteiger partial charge is 0.323 e. The number of aromatic nitrogens is 1. The predicted molar refractivity (Wildman–Crippen MR) is 58.4 cm³/mol. The molecule has 1 fully saturated rings. The van der Waals surface area contributed by atoms with Gasteiger partial charge >= 0.3 is 5.97 Å². The summed E-state index contributed by atoms with van der Waals surface area (Å²) in [6.45, 7) is 0. The Morgan fingerprint density at radius 3 is 2.50 bits per heavy atom. The SMILES string of the molecule is O=C(ON1C(=O)CCC1=O)c1ccc(F)c(Br)n1. The van der Waals surface area contributed by atoms with Gasteiger partial charge in [-0.1, -0.05) is 0 Å². The summed E-state index contributed by atoms with van der Waals surface area (Å²) in [5.74, 6) is -2.82. The number of nitrogens with zero attached hydrogens (tertiary/aromatic N) is 2. The van der Waals surface area contributed by atoms with Gasteiger partial charge in [-0.25, -0.2) is 14.2 Å². The molecule has 6 nitrogen and oxygen atoms in total. The van der Waals surface area contributed by atoms with Crippen LogP contribution >= 0.6 is 15.9 Å². The maximum absolute atomic E-state index is 12.9. The fourth-order valence-corrected chi connectivity index (χ4v) is 1.64. The number of pyridine rings is 1. The Morgan fingerprint density at radius 2 is 1.94 bits per heavy atom. The first kappa shape index (κ1) is 12.6. The highest BCUT2D eigenvalue weighted by atomic mass is 79.9. The second kappa shape index (κ2) is 4.81. The number of hydrogen-bond acceptors (Lipinski definition) is 5. The number of hydroxylamine groups is 2. The highest BCUT2D eigenvalue weighted by Gasteiger charge is 2.33. The first-order valence-electron chi connectivity index (χ1n) is 4.89. The zero-order valence-corrected chi connectivity index (χ0v) is 10.4. The Hall–Kier alpha value is -1.83. The van der Waals surface area contributed by atoms with Crippen molar-refractivity contribution in [3.05, 3.63) is 28.2 Å². The van der Waals surface area contributed by atoms with Gasteiger partial charge in [-0.3, -0.25) is 9.59 Å². The number of amides is 2. The molecule has 0 atom stereocenters. The molecule has 1 aromatic rings. The number of carbonyl (C=O) groups excluding carboxylic acids is 3. The van der Waals surface area contributed by atoms with E-state index in [1.54, 1.807) is 0 Å². The average molecular weight is 317 g/mol. The highest BCUT2D eigenvalue weighted by Crippen LogP contribution is 2.16. The molecule has 2 rings (SSSR count). The molecule has 0 radical (unpaired) electrons. The van der Waals surface area contributed by atoms with E-state index in [-0.39, 0.29) is 23.1 Å². The standard InChI is InChI=1S/C10H6BrFN2O4/c11-9-5(12)1-2-6(13-9)10(17)18-14-7(15)3-4-8(14)16/h1-2H,3-4H2. The summed E-state index contributed by atoms with van der Waals surface area (Å²) in [4.78, 5) is 42.2. The Morgan fingerprint density at radius 1 is 1.33 bits per heavy atom. The van der Waals surface area contributed by atoms with Gasteiger partial charge in [0.25, 0.3) is 11.8 Å². The van der Waals surface area contributed by atoms with Crippen LogP contribution in [-0.4, -0.2) is 27.8 Å². The van der Waals surface area contributed by atoms with E-state index >= 15 is 0 Å². The average Bonchev–Trinajstić information content (AvgIpc) is 2.64. The van der Waals surface area contributed by atoms with Crippen LogP contribution in [0.5, 0.6) is 0 Å². The zero-order chi connectivity index (χ0) is 13.3. The molecule has 0 unspecified atom stereocenters. The number of carbonyl (C=O) groups is 3. The molecule has 94 valence electrons. The van der Waals surface area contributed by atoms with Crippen molar-refractivity contribution in [1.82, 2.24) is 10.0 Å². The topological polar surface area (TPSA) is 76.6 Å². The third-order valence-electron chi connectivity index (χ3n) is 2.19. The molecular formula is C10H6BrFN2O4. The van der Waals surface area contributed by atoms with Crippen LogP contribution in [0.2, 0.25) is 0 Å². The van der Waals surface area contributed by atoms with Crippen LogP contribution in [0, 0.1) is 5.82 Å². The minimum Gasteiger partial charge on any atom is -0.323 e. The largest absolute Gasteiger partial charge is 0.382 e. The van der Waals surface area contributed by atoms with E-state index in [4.69, 9.17) is 0 Å². The van der Waals surface area contributed by atoms with Gasteiger partial charge in [-0.05, 0) is 28.1 Å².